The van der Waals surface area contributed by atoms with Gasteiger partial charge in [-0.15, -0.1) is 0 Å². The van der Waals surface area contributed by atoms with Crippen LogP contribution in [0.4, 0.5) is 0 Å². The summed E-state index contributed by atoms with van der Waals surface area (Å²) in [5.74, 6) is -3.08. The minimum absolute atomic E-state index is 0.0111. The van der Waals surface area contributed by atoms with Gasteiger partial charge in [-0.2, -0.15) is 4.72 Å². The SMILES string of the molecule is COC(=O)[C@@H](NC(=O)[C@H](C)N1C(=O)CC[C@@H](NS(=O)(=O)c2ccc(C)cc2)C1=O)C(C)C. The molecule has 0 aromatic heterocycles. The quantitative estimate of drug-likeness (QED) is 0.419. The van der Waals surface area contributed by atoms with Crippen molar-refractivity contribution in [3.8, 4) is 0 Å². The Morgan fingerprint density at radius 2 is 1.72 bits per heavy atom. The lowest BCUT2D eigenvalue weighted by atomic mass is 10.0. The average molecular weight is 468 g/mol. The fourth-order valence-electron chi connectivity index (χ4n) is 3.31. The first kappa shape index (κ1) is 25.5. The Hall–Kier alpha value is -2.79. The monoisotopic (exact) mass is 467 g/mol. The van der Waals surface area contributed by atoms with Crippen molar-refractivity contribution in [2.45, 2.75) is 63.6 Å². The number of aryl methyl sites for hydroxylation is 1. The number of nitrogens with zero attached hydrogens (tertiary/aromatic N) is 1. The molecule has 1 aliphatic rings. The number of methoxy groups -OCH3 is 1. The molecule has 1 heterocycles. The minimum atomic E-state index is -4.01. The van der Waals surface area contributed by atoms with Crippen LogP contribution < -0.4 is 10.0 Å². The standard InChI is InChI=1S/C21H29N3O7S/c1-12(2)18(21(28)31-5)22-19(26)14(4)24-17(25)11-10-16(20(24)27)23-32(29,30)15-8-6-13(3)7-9-15/h6-9,12,14,16,18,23H,10-11H2,1-5H3,(H,22,26)/t14-,16+,18-/m0/s1. The first-order valence-electron chi connectivity index (χ1n) is 10.2. The van der Waals surface area contributed by atoms with E-state index >= 15 is 0 Å². The van der Waals surface area contributed by atoms with E-state index in [4.69, 9.17) is 0 Å². The molecule has 2 N–H and O–H groups in total. The predicted octanol–water partition coefficient (Wildman–Crippen LogP) is 0.493. The largest absolute Gasteiger partial charge is 0.467 e. The Bertz CT molecular complexity index is 989. The molecule has 0 bridgehead atoms. The summed E-state index contributed by atoms with van der Waals surface area (Å²) >= 11 is 0. The molecule has 176 valence electrons. The fraction of sp³-hybridized carbons (Fsp3) is 0.524. The summed E-state index contributed by atoms with van der Waals surface area (Å²) in [6, 6.07) is 2.70. The van der Waals surface area contributed by atoms with Crippen molar-refractivity contribution in [2.75, 3.05) is 7.11 Å². The lowest BCUT2D eigenvalue weighted by molar-refractivity contribution is -0.156. The molecule has 3 amide bonds. The van der Waals surface area contributed by atoms with E-state index in [2.05, 4.69) is 14.8 Å². The van der Waals surface area contributed by atoms with Crippen LogP contribution in [0.3, 0.4) is 0 Å². The summed E-state index contributed by atoms with van der Waals surface area (Å²) in [5, 5.41) is 2.50. The van der Waals surface area contributed by atoms with Crippen molar-refractivity contribution in [3.05, 3.63) is 29.8 Å². The third kappa shape index (κ3) is 5.71. The maximum atomic E-state index is 13.0. The van der Waals surface area contributed by atoms with Crippen molar-refractivity contribution in [3.63, 3.8) is 0 Å². The van der Waals surface area contributed by atoms with Crippen molar-refractivity contribution >= 4 is 33.7 Å². The molecular formula is C21H29N3O7S. The molecule has 1 saturated heterocycles. The van der Waals surface area contributed by atoms with Gasteiger partial charge in [0, 0.05) is 6.42 Å². The number of esters is 1. The van der Waals surface area contributed by atoms with Gasteiger partial charge in [-0.05, 0) is 38.3 Å². The second-order valence-electron chi connectivity index (χ2n) is 8.06. The summed E-state index contributed by atoms with van der Waals surface area (Å²) in [6.45, 7) is 6.57. The Balaban J connectivity index is 2.18. The fourth-order valence-corrected chi connectivity index (χ4v) is 4.53. The van der Waals surface area contributed by atoms with Gasteiger partial charge in [-0.3, -0.25) is 19.3 Å². The van der Waals surface area contributed by atoms with E-state index in [-0.39, 0.29) is 23.7 Å². The summed E-state index contributed by atoms with van der Waals surface area (Å²) in [4.78, 5) is 50.8. The Labute approximate surface area is 187 Å². The first-order chi connectivity index (χ1) is 14.9. The highest BCUT2D eigenvalue weighted by Gasteiger charge is 2.42. The molecule has 0 unspecified atom stereocenters. The number of carbonyl (C=O) groups excluding carboxylic acids is 4. The molecule has 2 rings (SSSR count). The normalized spacial score (nSPS) is 18.9. The molecule has 1 aromatic carbocycles. The molecular weight excluding hydrogens is 438 g/mol. The molecule has 0 aliphatic carbocycles. The molecule has 10 nitrogen and oxygen atoms in total. The molecule has 1 aliphatic heterocycles. The van der Waals surface area contributed by atoms with Crippen LogP contribution in [0.25, 0.3) is 0 Å². The summed E-state index contributed by atoms with van der Waals surface area (Å²) in [5.41, 5.74) is 0.876. The second-order valence-corrected chi connectivity index (χ2v) is 9.77. The lowest BCUT2D eigenvalue weighted by Crippen LogP contribution is -2.61. The average Bonchev–Trinajstić information content (AvgIpc) is 2.73. The highest BCUT2D eigenvalue weighted by atomic mass is 32.2. The number of benzene rings is 1. The third-order valence-corrected chi connectivity index (χ3v) is 6.75. The van der Waals surface area contributed by atoms with Gasteiger partial charge < -0.3 is 10.1 Å². The van der Waals surface area contributed by atoms with Crippen molar-refractivity contribution in [1.82, 2.24) is 14.9 Å². The predicted molar refractivity (Wildman–Crippen MR) is 115 cm³/mol. The van der Waals surface area contributed by atoms with Crippen LogP contribution in [0.15, 0.2) is 29.2 Å². The van der Waals surface area contributed by atoms with Crippen LogP contribution in [0.5, 0.6) is 0 Å². The van der Waals surface area contributed by atoms with E-state index < -0.39 is 51.8 Å². The third-order valence-electron chi connectivity index (χ3n) is 5.27. The van der Waals surface area contributed by atoms with Crippen LogP contribution in [-0.4, -0.2) is 62.2 Å². The van der Waals surface area contributed by atoms with E-state index in [0.29, 0.717) is 0 Å². The molecule has 1 fully saturated rings. The highest BCUT2D eigenvalue weighted by molar-refractivity contribution is 7.89. The van der Waals surface area contributed by atoms with E-state index in [0.717, 1.165) is 10.5 Å². The Kier molecular flexibility index (Phi) is 8.13. The van der Waals surface area contributed by atoms with Gasteiger partial charge in [0.05, 0.1) is 12.0 Å². The van der Waals surface area contributed by atoms with Crippen molar-refractivity contribution in [1.29, 1.82) is 0 Å². The van der Waals surface area contributed by atoms with E-state index in [1.807, 2.05) is 6.92 Å². The smallest absolute Gasteiger partial charge is 0.328 e. The highest BCUT2D eigenvalue weighted by Crippen LogP contribution is 2.20. The van der Waals surface area contributed by atoms with Crippen LogP contribution in [0, 0.1) is 12.8 Å². The van der Waals surface area contributed by atoms with Gasteiger partial charge in [0.25, 0.3) is 0 Å². The number of rotatable bonds is 8. The Morgan fingerprint density at radius 3 is 2.25 bits per heavy atom. The summed E-state index contributed by atoms with van der Waals surface area (Å²) in [7, 11) is -2.82. The van der Waals surface area contributed by atoms with Gasteiger partial charge in [-0.25, -0.2) is 13.2 Å². The zero-order valence-corrected chi connectivity index (χ0v) is 19.6. The van der Waals surface area contributed by atoms with Crippen molar-refractivity contribution in [2.24, 2.45) is 5.92 Å². The topological polar surface area (TPSA) is 139 Å². The Morgan fingerprint density at radius 1 is 1.12 bits per heavy atom. The number of hydrogen-bond donors (Lipinski definition) is 2. The number of amides is 3. The van der Waals surface area contributed by atoms with Crippen LogP contribution >= 0.6 is 0 Å². The van der Waals surface area contributed by atoms with Gasteiger partial charge in [-0.1, -0.05) is 31.5 Å². The minimum Gasteiger partial charge on any atom is -0.467 e. The first-order valence-corrected chi connectivity index (χ1v) is 11.7. The van der Waals surface area contributed by atoms with E-state index in [9.17, 15) is 27.6 Å². The van der Waals surface area contributed by atoms with Crippen molar-refractivity contribution < 1.29 is 32.3 Å². The lowest BCUT2D eigenvalue weighted by Gasteiger charge is -2.35. The van der Waals surface area contributed by atoms with Gasteiger partial charge >= 0.3 is 5.97 Å². The molecule has 0 radical (unpaired) electrons. The van der Waals surface area contributed by atoms with E-state index in [1.54, 1.807) is 26.0 Å². The molecule has 11 heteroatoms. The summed E-state index contributed by atoms with van der Waals surface area (Å²) < 4.78 is 32.4. The number of ether oxygens (including phenoxy) is 1. The number of nitrogens with one attached hydrogen (secondary N) is 2. The number of imide groups is 1. The maximum absolute atomic E-state index is 13.0. The summed E-state index contributed by atoms with van der Waals surface area (Å²) in [6.07, 6.45) is -0.139. The van der Waals surface area contributed by atoms with Gasteiger partial charge in [0.1, 0.15) is 18.1 Å². The van der Waals surface area contributed by atoms with Crippen LogP contribution in [0.2, 0.25) is 0 Å². The molecule has 0 saturated carbocycles. The van der Waals surface area contributed by atoms with Gasteiger partial charge in [0.2, 0.25) is 27.7 Å². The number of likely N-dealkylation sites (tertiary alicyclic amines) is 1. The second kappa shape index (κ2) is 10.2. The van der Waals surface area contributed by atoms with Gasteiger partial charge in [0.15, 0.2) is 0 Å². The number of piperidine rings is 1. The molecule has 0 spiro atoms. The van der Waals surface area contributed by atoms with E-state index in [1.165, 1.54) is 26.2 Å². The zero-order chi connectivity index (χ0) is 24.2. The number of sulfonamides is 1. The number of hydrogen-bond acceptors (Lipinski definition) is 7. The molecule has 32 heavy (non-hydrogen) atoms. The van der Waals surface area contributed by atoms with Crippen LogP contribution in [-0.2, 0) is 33.9 Å². The van der Waals surface area contributed by atoms with Crippen LogP contribution in [0.1, 0.15) is 39.2 Å². The number of carbonyl (C=O) groups is 4. The molecule has 1 aromatic rings. The zero-order valence-electron chi connectivity index (χ0n) is 18.7. The molecule has 3 atom stereocenters. The maximum Gasteiger partial charge on any atom is 0.328 e.